The van der Waals surface area contributed by atoms with Gasteiger partial charge in [0.15, 0.2) is 0 Å². The van der Waals surface area contributed by atoms with Gasteiger partial charge in [-0.2, -0.15) is 0 Å². The van der Waals surface area contributed by atoms with Gasteiger partial charge in [0.05, 0.1) is 10.6 Å². The third-order valence-corrected chi connectivity index (χ3v) is 2.76. The summed E-state index contributed by atoms with van der Waals surface area (Å²) in [5.41, 5.74) is 3.34. The molecule has 0 aliphatic heterocycles. The molecule has 2 N–H and O–H groups in total. The highest BCUT2D eigenvalue weighted by Crippen LogP contribution is 2.22. The molecule has 2 aromatic rings. The van der Waals surface area contributed by atoms with Crippen LogP contribution in [0.2, 0.25) is 0 Å². The fourth-order valence-electron chi connectivity index (χ4n) is 1.76. The molecule has 108 valence electrons. The maximum absolute atomic E-state index is 11.9. The number of carbonyl (C=O) groups is 1. The van der Waals surface area contributed by atoms with E-state index in [9.17, 15) is 14.9 Å². The lowest BCUT2D eigenvalue weighted by molar-refractivity contribution is -0.383. The quantitative estimate of drug-likeness (QED) is 0.668. The lowest BCUT2D eigenvalue weighted by atomic mass is 10.3. The van der Waals surface area contributed by atoms with Crippen molar-refractivity contribution in [2.24, 2.45) is 0 Å². The lowest BCUT2D eigenvalue weighted by Gasteiger charge is -2.20. The summed E-state index contributed by atoms with van der Waals surface area (Å²) in [6.07, 6.45) is 0. The van der Waals surface area contributed by atoms with Gasteiger partial charge in [0.25, 0.3) is 5.69 Å². The van der Waals surface area contributed by atoms with Crippen molar-refractivity contribution in [3.63, 3.8) is 0 Å². The third-order valence-electron chi connectivity index (χ3n) is 2.76. The van der Waals surface area contributed by atoms with E-state index in [4.69, 9.17) is 0 Å². The van der Waals surface area contributed by atoms with Crippen LogP contribution in [0.15, 0.2) is 54.6 Å². The van der Waals surface area contributed by atoms with Gasteiger partial charge in [0.2, 0.25) is 0 Å². The molecule has 0 aliphatic carbocycles. The predicted molar refractivity (Wildman–Crippen MR) is 80.1 cm³/mol. The van der Waals surface area contributed by atoms with E-state index >= 15 is 0 Å². The van der Waals surface area contributed by atoms with E-state index in [1.54, 1.807) is 13.1 Å². The molecule has 0 bridgehead atoms. The molecule has 7 heteroatoms. The third kappa shape index (κ3) is 3.69. The summed E-state index contributed by atoms with van der Waals surface area (Å²) in [6.45, 7) is 0. The van der Waals surface area contributed by atoms with Gasteiger partial charge in [-0.3, -0.25) is 15.1 Å². The van der Waals surface area contributed by atoms with Crippen LogP contribution in [-0.2, 0) is 0 Å². The number of benzene rings is 2. The number of nitro groups is 1. The number of nitrogens with zero attached hydrogens (tertiary/aromatic N) is 2. The number of carbonyl (C=O) groups excluding carboxylic acids is 1. The number of para-hydroxylation sites is 3. The second kappa shape index (κ2) is 6.38. The van der Waals surface area contributed by atoms with Crippen LogP contribution in [0.1, 0.15) is 0 Å². The molecular formula is C14H14N4O3. The minimum absolute atomic E-state index is 0.140. The average Bonchev–Trinajstić information content (AvgIpc) is 2.48. The normalized spacial score (nSPS) is 9.76. The Labute approximate surface area is 121 Å². The number of hydrazine groups is 1. The first-order valence-electron chi connectivity index (χ1n) is 6.18. The predicted octanol–water partition coefficient (Wildman–Crippen LogP) is 2.77. The summed E-state index contributed by atoms with van der Waals surface area (Å²) in [5.74, 6) is 0. The van der Waals surface area contributed by atoms with E-state index in [2.05, 4.69) is 10.7 Å². The van der Waals surface area contributed by atoms with Crippen LogP contribution in [0.3, 0.4) is 0 Å². The van der Waals surface area contributed by atoms with Crippen molar-refractivity contribution in [2.75, 3.05) is 17.4 Å². The van der Waals surface area contributed by atoms with Crippen molar-refractivity contribution < 1.29 is 9.72 Å². The Kier molecular flexibility index (Phi) is 4.35. The molecular weight excluding hydrogens is 272 g/mol. The summed E-state index contributed by atoms with van der Waals surface area (Å²) in [5, 5.41) is 14.8. The molecule has 0 aromatic heterocycles. The van der Waals surface area contributed by atoms with E-state index in [0.717, 1.165) is 5.69 Å². The van der Waals surface area contributed by atoms with Gasteiger partial charge in [-0.15, -0.1) is 0 Å². The van der Waals surface area contributed by atoms with Gasteiger partial charge in [-0.1, -0.05) is 30.3 Å². The molecule has 0 saturated carbocycles. The van der Waals surface area contributed by atoms with Crippen molar-refractivity contribution >= 4 is 23.1 Å². The molecule has 2 amide bonds. The van der Waals surface area contributed by atoms with E-state index in [1.807, 2.05) is 30.3 Å². The molecule has 0 spiro atoms. The molecule has 0 atom stereocenters. The Morgan fingerprint density at radius 3 is 2.38 bits per heavy atom. The Balaban J connectivity index is 2.04. The monoisotopic (exact) mass is 286 g/mol. The molecule has 2 aromatic carbocycles. The van der Waals surface area contributed by atoms with Crippen molar-refractivity contribution in [1.29, 1.82) is 0 Å². The first kappa shape index (κ1) is 14.3. The molecule has 0 saturated heterocycles. The van der Waals surface area contributed by atoms with E-state index in [0.29, 0.717) is 0 Å². The minimum Gasteiger partial charge on any atom is -0.301 e. The number of hydrogen-bond donors (Lipinski definition) is 2. The van der Waals surface area contributed by atoms with Gasteiger partial charge in [-0.25, -0.2) is 10.2 Å². The van der Waals surface area contributed by atoms with Crippen LogP contribution < -0.4 is 15.8 Å². The molecule has 0 heterocycles. The summed E-state index contributed by atoms with van der Waals surface area (Å²) < 4.78 is 0. The van der Waals surface area contributed by atoms with E-state index < -0.39 is 11.0 Å². The number of nitro benzene ring substituents is 1. The van der Waals surface area contributed by atoms with E-state index in [1.165, 1.54) is 23.2 Å². The van der Waals surface area contributed by atoms with Crippen LogP contribution in [0.5, 0.6) is 0 Å². The standard InChI is InChI=1S/C14H14N4O3/c1-17(11-7-3-2-4-8-11)16-14(19)15-12-9-5-6-10-13(12)18(20)21/h2-10H,1H3,(H2,15,16,19). The molecule has 0 radical (unpaired) electrons. The zero-order valence-corrected chi connectivity index (χ0v) is 11.3. The Bertz CT molecular complexity index is 646. The van der Waals surface area contributed by atoms with Crippen molar-refractivity contribution in [3.05, 3.63) is 64.7 Å². The fraction of sp³-hybridized carbons (Fsp3) is 0.0714. The second-order valence-corrected chi connectivity index (χ2v) is 4.23. The van der Waals surface area contributed by atoms with Crippen LogP contribution >= 0.6 is 0 Å². The summed E-state index contributed by atoms with van der Waals surface area (Å²) in [4.78, 5) is 22.2. The van der Waals surface area contributed by atoms with Crippen LogP contribution in [0.25, 0.3) is 0 Å². The zero-order chi connectivity index (χ0) is 15.2. The van der Waals surface area contributed by atoms with Crippen LogP contribution in [-0.4, -0.2) is 18.0 Å². The highest BCUT2D eigenvalue weighted by Gasteiger charge is 2.15. The number of anilines is 2. The van der Waals surface area contributed by atoms with Crippen molar-refractivity contribution in [1.82, 2.24) is 5.43 Å². The smallest absolute Gasteiger partial charge is 0.301 e. The first-order valence-corrected chi connectivity index (χ1v) is 6.18. The van der Waals surface area contributed by atoms with Crippen LogP contribution in [0.4, 0.5) is 21.9 Å². The Hall–Kier alpha value is -3.09. The zero-order valence-electron chi connectivity index (χ0n) is 11.3. The highest BCUT2D eigenvalue weighted by atomic mass is 16.6. The van der Waals surface area contributed by atoms with Gasteiger partial charge in [0, 0.05) is 13.1 Å². The fourth-order valence-corrected chi connectivity index (χ4v) is 1.76. The Morgan fingerprint density at radius 1 is 1.10 bits per heavy atom. The lowest BCUT2D eigenvalue weighted by Crippen LogP contribution is -2.42. The summed E-state index contributed by atoms with van der Waals surface area (Å²) in [6, 6.07) is 14.6. The maximum atomic E-state index is 11.9. The topological polar surface area (TPSA) is 87.5 Å². The van der Waals surface area contributed by atoms with E-state index in [-0.39, 0.29) is 11.4 Å². The van der Waals surface area contributed by atoms with Gasteiger partial charge < -0.3 is 5.32 Å². The van der Waals surface area contributed by atoms with Crippen LogP contribution in [0, 0.1) is 10.1 Å². The average molecular weight is 286 g/mol. The van der Waals surface area contributed by atoms with Gasteiger partial charge in [0.1, 0.15) is 5.69 Å². The first-order chi connectivity index (χ1) is 10.1. The number of urea groups is 1. The number of hydrogen-bond acceptors (Lipinski definition) is 4. The maximum Gasteiger partial charge on any atom is 0.338 e. The number of amides is 2. The largest absolute Gasteiger partial charge is 0.338 e. The minimum atomic E-state index is -0.560. The number of nitrogens with one attached hydrogen (secondary N) is 2. The summed E-state index contributed by atoms with van der Waals surface area (Å²) >= 11 is 0. The molecule has 0 aliphatic rings. The molecule has 0 unspecified atom stereocenters. The Morgan fingerprint density at radius 2 is 1.71 bits per heavy atom. The second-order valence-electron chi connectivity index (χ2n) is 4.23. The molecule has 2 rings (SSSR count). The van der Waals surface area contributed by atoms with Crippen molar-refractivity contribution in [3.8, 4) is 0 Å². The highest BCUT2D eigenvalue weighted by molar-refractivity contribution is 5.92. The SMILES string of the molecule is CN(NC(=O)Nc1ccccc1[N+](=O)[O-])c1ccccc1. The molecule has 0 fully saturated rings. The molecule has 21 heavy (non-hydrogen) atoms. The summed E-state index contributed by atoms with van der Waals surface area (Å²) in [7, 11) is 1.67. The molecule has 7 nitrogen and oxygen atoms in total. The van der Waals surface area contributed by atoms with Gasteiger partial charge >= 0.3 is 6.03 Å². The number of rotatable bonds is 4. The van der Waals surface area contributed by atoms with Gasteiger partial charge in [-0.05, 0) is 18.2 Å². The van der Waals surface area contributed by atoms with Crippen molar-refractivity contribution in [2.45, 2.75) is 0 Å².